The van der Waals surface area contributed by atoms with Crippen LogP contribution in [0.1, 0.15) is 34.0 Å². The van der Waals surface area contributed by atoms with E-state index in [-0.39, 0.29) is 16.8 Å². The Bertz CT molecular complexity index is 1380. The van der Waals surface area contributed by atoms with E-state index >= 15 is 0 Å². The van der Waals surface area contributed by atoms with E-state index in [1.165, 1.54) is 27.2 Å². The fourth-order valence-electron chi connectivity index (χ4n) is 5.22. The number of sulfonamides is 1. The van der Waals surface area contributed by atoms with E-state index in [9.17, 15) is 13.2 Å². The predicted octanol–water partition coefficient (Wildman–Crippen LogP) is 4.41. The van der Waals surface area contributed by atoms with Crippen LogP contribution in [-0.4, -0.2) is 51.4 Å². The molecular formula is C28H31N3O3S. The van der Waals surface area contributed by atoms with Gasteiger partial charge >= 0.3 is 0 Å². The summed E-state index contributed by atoms with van der Waals surface area (Å²) in [6.45, 7) is 8.85. The number of anilines is 2. The molecule has 6 nitrogen and oxygen atoms in total. The highest BCUT2D eigenvalue weighted by Gasteiger charge is 2.36. The minimum Gasteiger partial charge on any atom is -0.368 e. The van der Waals surface area contributed by atoms with Crippen LogP contribution in [0.3, 0.4) is 0 Å². The highest BCUT2D eigenvalue weighted by molar-refractivity contribution is 7.92. The zero-order valence-electron chi connectivity index (χ0n) is 20.4. The third kappa shape index (κ3) is 4.18. The molecule has 0 spiro atoms. The van der Waals surface area contributed by atoms with E-state index in [0.717, 1.165) is 24.3 Å². The summed E-state index contributed by atoms with van der Waals surface area (Å²) in [4.78, 5) is 17.6. The number of amides is 1. The predicted molar refractivity (Wildman–Crippen MR) is 140 cm³/mol. The summed E-state index contributed by atoms with van der Waals surface area (Å²) in [5, 5.41) is 0. The molecule has 0 aliphatic carbocycles. The summed E-state index contributed by atoms with van der Waals surface area (Å²) >= 11 is 0. The third-order valence-electron chi connectivity index (χ3n) is 7.27. The van der Waals surface area contributed by atoms with Gasteiger partial charge in [-0.15, -0.1) is 0 Å². The molecule has 0 saturated carbocycles. The number of aryl methyl sites for hydroxylation is 1. The third-order valence-corrected chi connectivity index (χ3v) is 9.19. The first-order valence-corrected chi connectivity index (χ1v) is 13.5. The van der Waals surface area contributed by atoms with Gasteiger partial charge in [-0.1, -0.05) is 36.4 Å². The Morgan fingerprint density at radius 1 is 0.857 bits per heavy atom. The number of carbonyl (C=O) groups is 1. The van der Waals surface area contributed by atoms with Crippen molar-refractivity contribution >= 4 is 27.3 Å². The maximum atomic E-state index is 13.6. The topological polar surface area (TPSA) is 60.9 Å². The van der Waals surface area contributed by atoms with Crippen LogP contribution in [0.5, 0.6) is 0 Å². The van der Waals surface area contributed by atoms with Crippen LogP contribution in [0.4, 0.5) is 11.4 Å². The average molecular weight is 490 g/mol. The van der Waals surface area contributed by atoms with Gasteiger partial charge in [-0.25, -0.2) is 8.42 Å². The van der Waals surface area contributed by atoms with E-state index in [0.29, 0.717) is 25.1 Å². The molecule has 2 aliphatic rings. The van der Waals surface area contributed by atoms with Crippen molar-refractivity contribution in [3.05, 3.63) is 89.0 Å². The first-order valence-electron chi connectivity index (χ1n) is 12.1. The lowest BCUT2D eigenvalue weighted by Gasteiger charge is -2.37. The molecule has 3 aromatic rings. The number of benzene rings is 3. The molecule has 182 valence electrons. The molecular weight excluding hydrogens is 458 g/mol. The minimum absolute atomic E-state index is 0.127. The van der Waals surface area contributed by atoms with E-state index in [4.69, 9.17) is 0 Å². The van der Waals surface area contributed by atoms with E-state index < -0.39 is 10.0 Å². The lowest BCUT2D eigenvalue weighted by Crippen LogP contribution is -2.49. The SMILES string of the molecule is Cc1cccc(N2CCN(C(=O)c3cccc(S(=O)(=O)N4c5ccccc5CC4C)c3)CC2)c1C. The van der Waals surface area contributed by atoms with Gasteiger partial charge in [0.1, 0.15) is 0 Å². The monoisotopic (exact) mass is 489 g/mol. The van der Waals surface area contributed by atoms with Gasteiger partial charge in [0.2, 0.25) is 0 Å². The highest BCUT2D eigenvalue weighted by Crippen LogP contribution is 2.36. The summed E-state index contributed by atoms with van der Waals surface area (Å²) in [5.41, 5.74) is 5.89. The Kier molecular flexibility index (Phi) is 6.05. The fourth-order valence-corrected chi connectivity index (χ4v) is 6.96. The molecule has 1 saturated heterocycles. The molecule has 5 rings (SSSR count). The zero-order chi connectivity index (χ0) is 24.7. The van der Waals surface area contributed by atoms with Gasteiger partial charge < -0.3 is 9.80 Å². The number of nitrogens with zero attached hydrogens (tertiary/aromatic N) is 3. The Balaban J connectivity index is 1.34. The molecule has 2 heterocycles. The number of hydrogen-bond donors (Lipinski definition) is 0. The van der Waals surface area contributed by atoms with Gasteiger partial charge in [-0.05, 0) is 74.2 Å². The Labute approximate surface area is 207 Å². The van der Waals surface area contributed by atoms with Gasteiger partial charge in [0, 0.05) is 43.5 Å². The van der Waals surface area contributed by atoms with Crippen LogP contribution in [0.15, 0.2) is 71.6 Å². The molecule has 1 fully saturated rings. The Morgan fingerprint density at radius 3 is 2.31 bits per heavy atom. The standard InChI is InChI=1S/C28H31N3O3S/c1-20-8-6-13-26(22(20)3)29-14-16-30(17-15-29)28(32)24-10-7-11-25(19-24)35(33,34)31-21(2)18-23-9-4-5-12-27(23)31/h4-13,19,21H,14-18H2,1-3H3. The van der Waals surface area contributed by atoms with Crippen molar-refractivity contribution in [2.45, 2.75) is 38.1 Å². The van der Waals surface area contributed by atoms with Gasteiger partial charge in [-0.2, -0.15) is 0 Å². The number of para-hydroxylation sites is 1. The number of hydrogen-bond acceptors (Lipinski definition) is 4. The largest absolute Gasteiger partial charge is 0.368 e. The molecule has 3 aromatic carbocycles. The summed E-state index contributed by atoms with van der Waals surface area (Å²) in [6.07, 6.45) is 0.679. The van der Waals surface area contributed by atoms with Crippen LogP contribution in [0.25, 0.3) is 0 Å². The smallest absolute Gasteiger partial charge is 0.264 e. The van der Waals surface area contributed by atoms with Crippen molar-refractivity contribution in [3.63, 3.8) is 0 Å². The molecule has 0 bridgehead atoms. The number of rotatable bonds is 4. The summed E-state index contributed by atoms with van der Waals surface area (Å²) in [6, 6.07) is 20.2. The average Bonchev–Trinajstić information content (AvgIpc) is 3.22. The van der Waals surface area contributed by atoms with Gasteiger partial charge in [0.15, 0.2) is 0 Å². The molecule has 1 atom stereocenters. The van der Waals surface area contributed by atoms with Crippen LogP contribution >= 0.6 is 0 Å². The van der Waals surface area contributed by atoms with Gasteiger partial charge in [0.25, 0.3) is 15.9 Å². The second kappa shape index (κ2) is 9.04. The number of piperazine rings is 1. The second-order valence-electron chi connectivity index (χ2n) is 9.51. The normalized spacial score (nSPS) is 18.0. The summed E-state index contributed by atoms with van der Waals surface area (Å²) in [5.74, 6) is -0.127. The highest BCUT2D eigenvalue weighted by atomic mass is 32.2. The zero-order valence-corrected chi connectivity index (χ0v) is 21.3. The van der Waals surface area contributed by atoms with Crippen LogP contribution in [0, 0.1) is 13.8 Å². The van der Waals surface area contributed by atoms with Gasteiger partial charge in [-0.3, -0.25) is 9.10 Å². The molecule has 1 amide bonds. The lowest BCUT2D eigenvalue weighted by atomic mass is 10.1. The van der Waals surface area contributed by atoms with Crippen LogP contribution in [-0.2, 0) is 16.4 Å². The van der Waals surface area contributed by atoms with Crippen molar-refractivity contribution in [1.29, 1.82) is 0 Å². The van der Waals surface area contributed by atoms with E-state index in [1.54, 1.807) is 18.2 Å². The summed E-state index contributed by atoms with van der Waals surface area (Å²) in [7, 11) is -3.79. The first kappa shape index (κ1) is 23.4. The Hall–Kier alpha value is -3.32. The lowest BCUT2D eigenvalue weighted by molar-refractivity contribution is 0.0746. The first-order chi connectivity index (χ1) is 16.8. The molecule has 0 aromatic heterocycles. The van der Waals surface area contributed by atoms with Crippen molar-refractivity contribution in [2.24, 2.45) is 0 Å². The molecule has 0 radical (unpaired) electrons. The Morgan fingerprint density at radius 2 is 1.54 bits per heavy atom. The summed E-state index contributed by atoms with van der Waals surface area (Å²) < 4.78 is 28.7. The van der Waals surface area contributed by atoms with Crippen molar-refractivity contribution in [3.8, 4) is 0 Å². The number of fused-ring (bicyclic) bond motifs is 1. The molecule has 35 heavy (non-hydrogen) atoms. The maximum Gasteiger partial charge on any atom is 0.264 e. The molecule has 0 N–H and O–H groups in total. The van der Waals surface area contributed by atoms with Gasteiger partial charge in [0.05, 0.1) is 10.6 Å². The van der Waals surface area contributed by atoms with Crippen LogP contribution < -0.4 is 9.21 Å². The molecule has 2 aliphatic heterocycles. The van der Waals surface area contributed by atoms with E-state index in [2.05, 4.69) is 36.9 Å². The minimum atomic E-state index is -3.79. The number of carbonyl (C=O) groups excluding carboxylic acids is 1. The van der Waals surface area contributed by atoms with Crippen molar-refractivity contribution in [1.82, 2.24) is 4.90 Å². The quantitative estimate of drug-likeness (QED) is 0.545. The van der Waals surface area contributed by atoms with Crippen molar-refractivity contribution in [2.75, 3.05) is 35.4 Å². The maximum absolute atomic E-state index is 13.6. The van der Waals surface area contributed by atoms with E-state index in [1.807, 2.05) is 36.1 Å². The van der Waals surface area contributed by atoms with Crippen molar-refractivity contribution < 1.29 is 13.2 Å². The molecule has 7 heteroatoms. The molecule has 1 unspecified atom stereocenters. The second-order valence-corrected chi connectivity index (χ2v) is 11.3. The fraction of sp³-hybridized carbons (Fsp3) is 0.321. The van der Waals surface area contributed by atoms with Crippen LogP contribution in [0.2, 0.25) is 0 Å².